The van der Waals surface area contributed by atoms with Crippen LogP contribution in [0.25, 0.3) is 0 Å². The van der Waals surface area contributed by atoms with E-state index >= 15 is 0 Å². The van der Waals surface area contributed by atoms with Crippen molar-refractivity contribution in [2.24, 2.45) is 5.73 Å². The summed E-state index contributed by atoms with van der Waals surface area (Å²) in [6.45, 7) is 0.337. The predicted molar refractivity (Wildman–Crippen MR) is 67.9 cm³/mol. The first-order valence-electron chi connectivity index (χ1n) is 5.93. The molecule has 1 aromatic rings. The summed E-state index contributed by atoms with van der Waals surface area (Å²) >= 11 is 0. The average Bonchev–Trinajstić information content (AvgIpc) is 2.39. The SMILES string of the molecule is N#CCCNC(=O)COc1c(F)cccc1CCN. The molecule has 0 aromatic heterocycles. The van der Waals surface area contributed by atoms with Crippen molar-refractivity contribution in [1.29, 1.82) is 5.26 Å². The number of para-hydroxylation sites is 1. The van der Waals surface area contributed by atoms with Gasteiger partial charge in [0, 0.05) is 6.54 Å². The molecule has 0 saturated heterocycles. The molecule has 0 spiro atoms. The number of halogens is 1. The Labute approximate surface area is 111 Å². The summed E-state index contributed by atoms with van der Waals surface area (Å²) in [5.74, 6) is -0.851. The predicted octanol–water partition coefficient (Wildman–Crippen LogP) is 0.736. The first-order chi connectivity index (χ1) is 9.19. The molecule has 1 amide bonds. The van der Waals surface area contributed by atoms with Gasteiger partial charge in [0.25, 0.3) is 5.91 Å². The third kappa shape index (κ3) is 4.94. The Morgan fingerprint density at radius 1 is 1.53 bits per heavy atom. The van der Waals surface area contributed by atoms with Gasteiger partial charge in [0.1, 0.15) is 0 Å². The number of hydrogen-bond donors (Lipinski definition) is 2. The number of ether oxygens (including phenoxy) is 1. The molecule has 19 heavy (non-hydrogen) atoms. The maximum Gasteiger partial charge on any atom is 0.257 e. The molecule has 0 aliphatic heterocycles. The summed E-state index contributed by atoms with van der Waals surface area (Å²) in [6, 6.07) is 6.45. The number of nitriles is 1. The quantitative estimate of drug-likeness (QED) is 0.711. The van der Waals surface area contributed by atoms with E-state index in [2.05, 4.69) is 5.32 Å². The maximum atomic E-state index is 13.6. The van der Waals surface area contributed by atoms with Crippen LogP contribution in [0, 0.1) is 17.1 Å². The van der Waals surface area contributed by atoms with Crippen LogP contribution in [0.5, 0.6) is 5.75 Å². The summed E-state index contributed by atoms with van der Waals surface area (Å²) in [7, 11) is 0. The lowest BCUT2D eigenvalue weighted by atomic mass is 10.1. The number of nitrogens with one attached hydrogen (secondary N) is 1. The number of nitrogens with two attached hydrogens (primary N) is 1. The zero-order valence-corrected chi connectivity index (χ0v) is 10.5. The average molecular weight is 265 g/mol. The van der Waals surface area contributed by atoms with Crippen molar-refractivity contribution in [3.63, 3.8) is 0 Å². The lowest BCUT2D eigenvalue weighted by Crippen LogP contribution is -2.29. The molecule has 0 aliphatic rings. The van der Waals surface area contributed by atoms with Gasteiger partial charge in [0.15, 0.2) is 18.2 Å². The van der Waals surface area contributed by atoms with Crippen LogP contribution in [-0.4, -0.2) is 25.6 Å². The van der Waals surface area contributed by atoms with Crippen molar-refractivity contribution >= 4 is 5.91 Å². The monoisotopic (exact) mass is 265 g/mol. The minimum Gasteiger partial charge on any atom is -0.480 e. The molecule has 1 rings (SSSR count). The normalized spacial score (nSPS) is 9.74. The summed E-state index contributed by atoms with van der Waals surface area (Å²) in [4.78, 5) is 11.4. The Kier molecular flexibility index (Phi) is 6.33. The van der Waals surface area contributed by atoms with Crippen molar-refractivity contribution in [1.82, 2.24) is 5.32 Å². The third-order valence-electron chi connectivity index (χ3n) is 2.37. The van der Waals surface area contributed by atoms with Crippen molar-refractivity contribution < 1.29 is 13.9 Å². The van der Waals surface area contributed by atoms with E-state index < -0.39 is 11.7 Å². The largest absolute Gasteiger partial charge is 0.480 e. The van der Waals surface area contributed by atoms with Crippen molar-refractivity contribution in [3.8, 4) is 11.8 Å². The van der Waals surface area contributed by atoms with Gasteiger partial charge in [0.2, 0.25) is 0 Å². The number of rotatable bonds is 7. The highest BCUT2D eigenvalue weighted by molar-refractivity contribution is 5.77. The molecule has 0 bridgehead atoms. The molecule has 0 saturated carbocycles. The number of carbonyl (C=O) groups excluding carboxylic acids is 1. The Bertz CT molecular complexity index is 471. The van der Waals surface area contributed by atoms with E-state index in [-0.39, 0.29) is 25.3 Å². The molecule has 0 fully saturated rings. The van der Waals surface area contributed by atoms with Gasteiger partial charge in [-0.2, -0.15) is 5.26 Å². The molecule has 6 heteroatoms. The lowest BCUT2D eigenvalue weighted by molar-refractivity contribution is -0.123. The fourth-order valence-electron chi connectivity index (χ4n) is 1.51. The van der Waals surface area contributed by atoms with Crippen LogP contribution in [0.4, 0.5) is 4.39 Å². The fraction of sp³-hybridized carbons (Fsp3) is 0.385. The van der Waals surface area contributed by atoms with Crippen LogP contribution in [0.1, 0.15) is 12.0 Å². The van der Waals surface area contributed by atoms with Gasteiger partial charge in [-0.25, -0.2) is 4.39 Å². The number of nitrogens with zero attached hydrogens (tertiary/aromatic N) is 1. The molecule has 0 atom stereocenters. The highest BCUT2D eigenvalue weighted by Gasteiger charge is 2.11. The number of carbonyl (C=O) groups is 1. The second kappa shape index (κ2) is 8.06. The molecule has 102 valence electrons. The lowest BCUT2D eigenvalue weighted by Gasteiger charge is -2.11. The van der Waals surface area contributed by atoms with E-state index in [1.165, 1.54) is 6.07 Å². The van der Waals surface area contributed by atoms with Crippen LogP contribution in [0.15, 0.2) is 18.2 Å². The standard InChI is InChI=1S/C13H16FN3O2/c14-11-4-1-3-10(5-7-16)13(11)19-9-12(18)17-8-2-6-15/h1,3-4H,2,5,7-9,16H2,(H,17,18). The minimum atomic E-state index is -0.518. The summed E-state index contributed by atoms with van der Waals surface area (Å²) in [5.41, 5.74) is 6.06. The molecule has 5 nitrogen and oxygen atoms in total. The van der Waals surface area contributed by atoms with Crippen LogP contribution >= 0.6 is 0 Å². The van der Waals surface area contributed by atoms with E-state index in [1.54, 1.807) is 12.1 Å². The second-order valence-corrected chi connectivity index (χ2v) is 3.81. The van der Waals surface area contributed by atoms with Crippen LogP contribution < -0.4 is 15.8 Å². The topological polar surface area (TPSA) is 88.1 Å². The summed E-state index contributed by atoms with van der Waals surface area (Å²) in [5, 5.41) is 10.8. The maximum absolute atomic E-state index is 13.6. The Morgan fingerprint density at radius 2 is 2.32 bits per heavy atom. The van der Waals surface area contributed by atoms with Crippen molar-refractivity contribution in [2.75, 3.05) is 19.7 Å². The first kappa shape index (κ1) is 14.9. The fourth-order valence-corrected chi connectivity index (χ4v) is 1.51. The Hall–Kier alpha value is -2.13. The van der Waals surface area contributed by atoms with Crippen LogP contribution in [0.2, 0.25) is 0 Å². The summed E-state index contributed by atoms with van der Waals surface area (Å²) < 4.78 is 18.8. The molecular weight excluding hydrogens is 249 g/mol. The Balaban J connectivity index is 2.57. The Morgan fingerprint density at radius 3 is 3.00 bits per heavy atom. The van der Waals surface area contributed by atoms with Crippen LogP contribution in [-0.2, 0) is 11.2 Å². The number of benzene rings is 1. The second-order valence-electron chi connectivity index (χ2n) is 3.81. The van der Waals surface area contributed by atoms with Gasteiger partial charge in [-0.05, 0) is 24.6 Å². The van der Waals surface area contributed by atoms with Gasteiger partial charge in [-0.15, -0.1) is 0 Å². The third-order valence-corrected chi connectivity index (χ3v) is 2.37. The first-order valence-corrected chi connectivity index (χ1v) is 5.93. The smallest absolute Gasteiger partial charge is 0.257 e. The van der Waals surface area contributed by atoms with Crippen LogP contribution in [0.3, 0.4) is 0 Å². The van der Waals surface area contributed by atoms with Gasteiger partial charge in [0.05, 0.1) is 12.5 Å². The number of hydrogen-bond acceptors (Lipinski definition) is 4. The van der Waals surface area contributed by atoms with Crippen molar-refractivity contribution in [3.05, 3.63) is 29.6 Å². The van der Waals surface area contributed by atoms with Gasteiger partial charge in [-0.3, -0.25) is 4.79 Å². The molecule has 1 aromatic carbocycles. The zero-order chi connectivity index (χ0) is 14.1. The zero-order valence-electron chi connectivity index (χ0n) is 10.5. The molecule has 0 aliphatic carbocycles. The molecular formula is C13H16FN3O2. The van der Waals surface area contributed by atoms with Crippen molar-refractivity contribution in [2.45, 2.75) is 12.8 Å². The van der Waals surface area contributed by atoms with E-state index in [4.69, 9.17) is 15.7 Å². The molecule has 3 N–H and O–H groups in total. The summed E-state index contributed by atoms with van der Waals surface area (Å²) in [6.07, 6.45) is 0.701. The van der Waals surface area contributed by atoms with Gasteiger partial charge in [-0.1, -0.05) is 12.1 Å². The minimum absolute atomic E-state index is 0.0587. The van der Waals surface area contributed by atoms with Gasteiger partial charge >= 0.3 is 0 Å². The van der Waals surface area contributed by atoms with E-state index in [0.29, 0.717) is 18.5 Å². The molecule has 0 unspecified atom stereocenters. The van der Waals surface area contributed by atoms with E-state index in [9.17, 15) is 9.18 Å². The molecule has 0 heterocycles. The highest BCUT2D eigenvalue weighted by atomic mass is 19.1. The van der Waals surface area contributed by atoms with Gasteiger partial charge < -0.3 is 15.8 Å². The highest BCUT2D eigenvalue weighted by Crippen LogP contribution is 2.22. The van der Waals surface area contributed by atoms with E-state index in [1.807, 2.05) is 6.07 Å². The molecule has 0 radical (unpaired) electrons. The number of amides is 1. The van der Waals surface area contributed by atoms with E-state index in [0.717, 1.165) is 0 Å².